The first-order valence-electron chi connectivity index (χ1n) is 6.82. The van der Waals surface area contributed by atoms with Gasteiger partial charge in [-0.2, -0.15) is 13.2 Å². The fourth-order valence-corrected chi connectivity index (χ4v) is 3.73. The molecule has 0 amide bonds. The molecule has 0 aliphatic heterocycles. The predicted octanol–water partition coefficient (Wildman–Crippen LogP) is 3.42. The molecule has 1 aliphatic rings. The molecule has 0 unspecified atom stereocenters. The van der Waals surface area contributed by atoms with E-state index in [1.165, 1.54) is 23.5 Å². The van der Waals surface area contributed by atoms with E-state index in [1.54, 1.807) is 4.57 Å². The highest BCUT2D eigenvalue weighted by molar-refractivity contribution is 7.09. The molecular weight excluding hydrogens is 313 g/mol. The smallest absolute Gasteiger partial charge is 0.313 e. The Morgan fingerprint density at radius 3 is 2.55 bits per heavy atom. The van der Waals surface area contributed by atoms with E-state index in [9.17, 15) is 18.0 Å². The molecule has 0 saturated heterocycles. The molecule has 1 N–H and O–H groups in total. The maximum atomic E-state index is 12.5. The number of halogens is 3. The van der Waals surface area contributed by atoms with Crippen molar-refractivity contribution in [3.05, 3.63) is 50.8 Å². The van der Waals surface area contributed by atoms with Crippen LogP contribution in [-0.4, -0.2) is 10.4 Å². The number of benzene rings is 1. The number of hydrogen-bond acceptors (Lipinski definition) is 3. The molecular formula is C15H13F3N2OS. The molecule has 0 fully saturated rings. The van der Waals surface area contributed by atoms with Crippen molar-refractivity contribution in [1.29, 1.82) is 5.41 Å². The van der Waals surface area contributed by atoms with Gasteiger partial charge in [0.1, 0.15) is 0 Å². The molecule has 0 saturated carbocycles. The standard InChI is InChI=1S/C15H13F3N2OS/c16-15(17,18)10-6-4-9(5-7-10)12(21)8-20-11-2-1-3-13(11)22-14(20)19/h4-7,19H,1-3,8H2. The van der Waals surface area contributed by atoms with Gasteiger partial charge in [0, 0.05) is 16.1 Å². The lowest BCUT2D eigenvalue weighted by atomic mass is 10.1. The van der Waals surface area contributed by atoms with Crippen LogP contribution < -0.4 is 4.80 Å². The van der Waals surface area contributed by atoms with Crippen LogP contribution in [0.2, 0.25) is 0 Å². The molecule has 2 aromatic rings. The number of aromatic nitrogens is 1. The molecule has 1 aliphatic carbocycles. The minimum atomic E-state index is -4.40. The van der Waals surface area contributed by atoms with E-state index < -0.39 is 11.7 Å². The van der Waals surface area contributed by atoms with Crippen molar-refractivity contribution in [1.82, 2.24) is 4.57 Å². The van der Waals surface area contributed by atoms with Crippen LogP contribution >= 0.6 is 11.3 Å². The van der Waals surface area contributed by atoms with Crippen LogP contribution in [0.1, 0.15) is 32.9 Å². The minimum absolute atomic E-state index is 0.00995. The number of rotatable bonds is 3. The Bertz CT molecular complexity index is 772. The second-order valence-electron chi connectivity index (χ2n) is 5.22. The van der Waals surface area contributed by atoms with E-state index in [0.717, 1.165) is 42.0 Å². The monoisotopic (exact) mass is 326 g/mol. The average Bonchev–Trinajstić information content (AvgIpc) is 3.01. The summed E-state index contributed by atoms with van der Waals surface area (Å²) >= 11 is 1.38. The zero-order valence-electron chi connectivity index (χ0n) is 11.5. The lowest BCUT2D eigenvalue weighted by Crippen LogP contribution is -2.21. The van der Waals surface area contributed by atoms with Crippen molar-refractivity contribution < 1.29 is 18.0 Å². The van der Waals surface area contributed by atoms with Crippen molar-refractivity contribution in [2.75, 3.05) is 0 Å². The summed E-state index contributed by atoms with van der Waals surface area (Å²) in [5.41, 5.74) is 0.488. The summed E-state index contributed by atoms with van der Waals surface area (Å²) in [5.74, 6) is -0.278. The minimum Gasteiger partial charge on any atom is -0.313 e. The highest BCUT2D eigenvalue weighted by Gasteiger charge is 2.30. The summed E-state index contributed by atoms with van der Waals surface area (Å²) in [6.07, 6.45) is -1.59. The summed E-state index contributed by atoms with van der Waals surface area (Å²) in [7, 11) is 0. The Labute approximate surface area is 128 Å². The van der Waals surface area contributed by atoms with Crippen LogP contribution in [0.15, 0.2) is 24.3 Å². The third-order valence-electron chi connectivity index (χ3n) is 3.77. The zero-order valence-corrected chi connectivity index (χ0v) is 12.4. The number of aryl methyl sites for hydroxylation is 1. The Balaban J connectivity index is 1.82. The highest BCUT2D eigenvalue weighted by atomic mass is 32.1. The van der Waals surface area contributed by atoms with Crippen LogP contribution in [0.25, 0.3) is 0 Å². The topological polar surface area (TPSA) is 45.9 Å². The maximum absolute atomic E-state index is 12.5. The molecule has 0 spiro atoms. The Morgan fingerprint density at radius 2 is 1.91 bits per heavy atom. The first-order valence-corrected chi connectivity index (χ1v) is 7.64. The van der Waals surface area contributed by atoms with E-state index in [0.29, 0.717) is 4.80 Å². The summed E-state index contributed by atoms with van der Waals surface area (Å²) in [6, 6.07) is 4.22. The lowest BCUT2D eigenvalue weighted by molar-refractivity contribution is -0.137. The average molecular weight is 326 g/mol. The number of hydrogen-bond donors (Lipinski definition) is 1. The number of Topliss-reactive ketones (excluding diaryl/α,β-unsaturated/α-hetero) is 1. The molecule has 1 aromatic heterocycles. The zero-order chi connectivity index (χ0) is 15.9. The van der Waals surface area contributed by atoms with Crippen molar-refractivity contribution in [2.45, 2.75) is 32.0 Å². The van der Waals surface area contributed by atoms with Gasteiger partial charge in [0.15, 0.2) is 10.6 Å². The molecule has 0 bridgehead atoms. The normalized spacial score (nSPS) is 14.1. The van der Waals surface area contributed by atoms with Crippen LogP contribution in [-0.2, 0) is 25.6 Å². The number of nitrogens with one attached hydrogen (secondary N) is 1. The molecule has 22 heavy (non-hydrogen) atoms. The molecule has 116 valence electrons. The fourth-order valence-electron chi connectivity index (χ4n) is 2.64. The highest BCUT2D eigenvalue weighted by Crippen LogP contribution is 2.29. The van der Waals surface area contributed by atoms with Gasteiger partial charge in [-0.05, 0) is 31.4 Å². The van der Waals surface area contributed by atoms with Gasteiger partial charge in [-0.3, -0.25) is 10.2 Å². The summed E-state index contributed by atoms with van der Waals surface area (Å²) in [4.78, 5) is 13.7. The van der Waals surface area contributed by atoms with Crippen molar-refractivity contribution in [3.63, 3.8) is 0 Å². The molecule has 1 aromatic carbocycles. The van der Waals surface area contributed by atoms with Gasteiger partial charge in [-0.1, -0.05) is 12.1 Å². The van der Waals surface area contributed by atoms with Crippen molar-refractivity contribution >= 4 is 17.1 Å². The third-order valence-corrected chi connectivity index (χ3v) is 4.87. The quantitative estimate of drug-likeness (QED) is 0.863. The van der Waals surface area contributed by atoms with Gasteiger partial charge in [0.25, 0.3) is 0 Å². The van der Waals surface area contributed by atoms with Crippen LogP contribution in [0.3, 0.4) is 0 Å². The number of alkyl halides is 3. The van der Waals surface area contributed by atoms with E-state index in [1.807, 2.05) is 0 Å². The van der Waals surface area contributed by atoms with E-state index in [4.69, 9.17) is 5.41 Å². The fraction of sp³-hybridized carbons (Fsp3) is 0.333. The van der Waals surface area contributed by atoms with Crippen molar-refractivity contribution in [3.8, 4) is 0 Å². The number of nitrogens with zero attached hydrogens (tertiary/aromatic N) is 1. The van der Waals surface area contributed by atoms with Gasteiger partial charge in [-0.25, -0.2) is 0 Å². The second kappa shape index (κ2) is 5.39. The number of thiazole rings is 1. The second-order valence-corrected chi connectivity index (χ2v) is 6.30. The number of carbonyl (C=O) groups is 1. The van der Waals surface area contributed by atoms with Gasteiger partial charge in [0.05, 0.1) is 12.1 Å². The lowest BCUT2D eigenvalue weighted by Gasteiger charge is -2.09. The molecule has 3 nitrogen and oxygen atoms in total. The van der Waals surface area contributed by atoms with Crippen LogP contribution in [0.5, 0.6) is 0 Å². The summed E-state index contributed by atoms with van der Waals surface area (Å²) in [6.45, 7) is 0.00995. The SMILES string of the molecule is N=c1sc2c(n1CC(=O)c1ccc(C(F)(F)F)cc1)CCC2. The van der Waals surface area contributed by atoms with E-state index >= 15 is 0 Å². The molecule has 3 rings (SSSR count). The molecule has 1 heterocycles. The maximum Gasteiger partial charge on any atom is 0.416 e. The number of ketones is 1. The molecule has 7 heteroatoms. The largest absolute Gasteiger partial charge is 0.416 e. The first kappa shape index (κ1) is 15.0. The first-order chi connectivity index (χ1) is 10.4. The Morgan fingerprint density at radius 1 is 1.23 bits per heavy atom. The van der Waals surface area contributed by atoms with E-state index in [2.05, 4.69) is 0 Å². The van der Waals surface area contributed by atoms with Gasteiger partial charge >= 0.3 is 6.18 Å². The Kier molecular flexibility index (Phi) is 3.68. The molecule has 0 radical (unpaired) electrons. The van der Waals surface area contributed by atoms with Gasteiger partial charge in [-0.15, -0.1) is 11.3 Å². The Hall–Kier alpha value is -1.89. The van der Waals surface area contributed by atoms with Crippen LogP contribution in [0, 0.1) is 5.41 Å². The van der Waals surface area contributed by atoms with Crippen LogP contribution in [0.4, 0.5) is 13.2 Å². The van der Waals surface area contributed by atoms with Crippen molar-refractivity contribution in [2.24, 2.45) is 0 Å². The number of carbonyl (C=O) groups excluding carboxylic acids is 1. The third kappa shape index (κ3) is 2.72. The summed E-state index contributed by atoms with van der Waals surface area (Å²) < 4.78 is 39.2. The predicted molar refractivity (Wildman–Crippen MR) is 76.0 cm³/mol. The summed E-state index contributed by atoms with van der Waals surface area (Å²) in [5, 5.41) is 7.92. The van der Waals surface area contributed by atoms with E-state index in [-0.39, 0.29) is 17.9 Å². The van der Waals surface area contributed by atoms with Gasteiger partial charge in [0.2, 0.25) is 0 Å². The number of fused-ring (bicyclic) bond motifs is 1. The molecule has 0 atom stereocenters. The van der Waals surface area contributed by atoms with Gasteiger partial charge < -0.3 is 4.57 Å².